The third kappa shape index (κ3) is 3.54. The van der Waals surface area contributed by atoms with Crippen LogP contribution < -0.4 is 4.74 Å². The minimum Gasteiger partial charge on any atom is -0.484 e. The standard InChI is InChI=1S/C15H15NO4/c1-2-19-14(18)9-12(17)10-20-13-7-3-5-11-6-4-8-16-15(11)13/h3-8H,2,9-10H2,1H3. The zero-order valence-electron chi connectivity index (χ0n) is 11.2. The number of aromatic nitrogens is 1. The van der Waals surface area contributed by atoms with Crippen molar-refractivity contribution in [1.82, 2.24) is 4.98 Å². The molecule has 0 aliphatic carbocycles. The second kappa shape index (κ2) is 6.65. The van der Waals surface area contributed by atoms with Crippen LogP contribution in [0.15, 0.2) is 36.5 Å². The summed E-state index contributed by atoms with van der Waals surface area (Å²) in [4.78, 5) is 27.0. The molecule has 20 heavy (non-hydrogen) atoms. The molecule has 0 saturated heterocycles. The molecule has 1 aromatic carbocycles. The van der Waals surface area contributed by atoms with E-state index in [-0.39, 0.29) is 25.4 Å². The number of hydrogen-bond donors (Lipinski definition) is 0. The van der Waals surface area contributed by atoms with Crippen molar-refractivity contribution in [2.24, 2.45) is 0 Å². The lowest BCUT2D eigenvalue weighted by molar-refractivity contribution is -0.145. The number of esters is 1. The Balaban J connectivity index is 1.99. The predicted molar refractivity (Wildman–Crippen MR) is 73.5 cm³/mol. The van der Waals surface area contributed by atoms with Gasteiger partial charge in [-0.1, -0.05) is 18.2 Å². The first-order valence-corrected chi connectivity index (χ1v) is 6.34. The molecule has 0 atom stereocenters. The lowest BCUT2D eigenvalue weighted by Crippen LogP contribution is -2.17. The number of Topliss-reactive ketones (excluding diaryl/α,β-unsaturated/α-hetero) is 1. The van der Waals surface area contributed by atoms with E-state index in [1.165, 1.54) is 0 Å². The van der Waals surface area contributed by atoms with E-state index in [4.69, 9.17) is 9.47 Å². The van der Waals surface area contributed by atoms with E-state index in [0.717, 1.165) is 5.39 Å². The van der Waals surface area contributed by atoms with E-state index in [1.54, 1.807) is 19.2 Å². The SMILES string of the molecule is CCOC(=O)CC(=O)COc1cccc2cccnc12. The van der Waals surface area contributed by atoms with Gasteiger partial charge in [-0.25, -0.2) is 0 Å². The lowest BCUT2D eigenvalue weighted by atomic mass is 10.2. The van der Waals surface area contributed by atoms with Crippen molar-refractivity contribution >= 4 is 22.7 Å². The van der Waals surface area contributed by atoms with Gasteiger partial charge in [0, 0.05) is 11.6 Å². The number of para-hydroxylation sites is 1. The van der Waals surface area contributed by atoms with Gasteiger partial charge in [0.2, 0.25) is 0 Å². The number of fused-ring (bicyclic) bond motifs is 1. The molecule has 0 aliphatic rings. The number of nitrogens with zero attached hydrogens (tertiary/aromatic N) is 1. The van der Waals surface area contributed by atoms with Gasteiger partial charge in [-0.2, -0.15) is 0 Å². The van der Waals surface area contributed by atoms with Crippen molar-refractivity contribution in [3.63, 3.8) is 0 Å². The van der Waals surface area contributed by atoms with Crippen LogP contribution in [0.1, 0.15) is 13.3 Å². The minimum atomic E-state index is -0.530. The van der Waals surface area contributed by atoms with Gasteiger partial charge in [0.25, 0.3) is 0 Å². The molecular formula is C15H15NO4. The monoisotopic (exact) mass is 273 g/mol. The molecule has 0 bridgehead atoms. The Hall–Kier alpha value is -2.43. The predicted octanol–water partition coefficient (Wildman–Crippen LogP) is 2.14. The molecule has 0 radical (unpaired) electrons. The van der Waals surface area contributed by atoms with E-state index in [0.29, 0.717) is 11.3 Å². The van der Waals surface area contributed by atoms with Gasteiger partial charge in [0.05, 0.1) is 6.61 Å². The highest BCUT2D eigenvalue weighted by Crippen LogP contribution is 2.22. The van der Waals surface area contributed by atoms with Gasteiger partial charge < -0.3 is 9.47 Å². The van der Waals surface area contributed by atoms with Crippen molar-refractivity contribution in [1.29, 1.82) is 0 Å². The molecular weight excluding hydrogens is 258 g/mol. The highest BCUT2D eigenvalue weighted by atomic mass is 16.5. The lowest BCUT2D eigenvalue weighted by Gasteiger charge is -2.07. The van der Waals surface area contributed by atoms with Crippen molar-refractivity contribution < 1.29 is 19.1 Å². The second-order valence-corrected chi connectivity index (χ2v) is 4.14. The summed E-state index contributed by atoms with van der Waals surface area (Å²) in [5, 5.41) is 0.933. The molecule has 0 saturated carbocycles. The van der Waals surface area contributed by atoms with Crippen molar-refractivity contribution in [3.8, 4) is 5.75 Å². The van der Waals surface area contributed by atoms with Gasteiger partial charge in [-0.05, 0) is 19.1 Å². The van der Waals surface area contributed by atoms with E-state index >= 15 is 0 Å². The van der Waals surface area contributed by atoms with Gasteiger partial charge >= 0.3 is 5.97 Å². The quantitative estimate of drug-likeness (QED) is 0.596. The summed E-state index contributed by atoms with van der Waals surface area (Å²) < 4.78 is 10.1. The Morgan fingerprint density at radius 2 is 2.00 bits per heavy atom. The van der Waals surface area contributed by atoms with Crippen molar-refractivity contribution in [2.45, 2.75) is 13.3 Å². The molecule has 0 fully saturated rings. The summed E-state index contributed by atoms with van der Waals surface area (Å²) in [6.45, 7) is 1.79. The molecule has 0 aliphatic heterocycles. The van der Waals surface area contributed by atoms with Gasteiger partial charge in [0.15, 0.2) is 5.78 Å². The number of pyridine rings is 1. The number of hydrogen-bond acceptors (Lipinski definition) is 5. The number of benzene rings is 1. The zero-order valence-corrected chi connectivity index (χ0v) is 11.2. The first kappa shape index (κ1) is 14.0. The molecule has 0 unspecified atom stereocenters. The Morgan fingerprint density at radius 1 is 1.20 bits per heavy atom. The van der Waals surface area contributed by atoms with E-state index in [9.17, 15) is 9.59 Å². The van der Waals surface area contributed by atoms with Crippen LogP contribution in [0.3, 0.4) is 0 Å². The first-order valence-electron chi connectivity index (χ1n) is 6.34. The third-order valence-electron chi connectivity index (χ3n) is 2.63. The number of rotatable bonds is 6. The zero-order chi connectivity index (χ0) is 14.4. The summed E-state index contributed by atoms with van der Waals surface area (Å²) in [6, 6.07) is 9.23. The fraction of sp³-hybridized carbons (Fsp3) is 0.267. The highest BCUT2D eigenvalue weighted by Gasteiger charge is 2.12. The number of carbonyl (C=O) groups excluding carboxylic acids is 2. The molecule has 2 aromatic rings. The molecule has 2 rings (SSSR count). The molecule has 104 valence electrons. The summed E-state index contributed by atoms with van der Waals surface area (Å²) >= 11 is 0. The minimum absolute atomic E-state index is 0.172. The highest BCUT2D eigenvalue weighted by molar-refractivity contribution is 5.96. The number of ether oxygens (including phenoxy) is 2. The Bertz CT molecular complexity index is 619. The van der Waals surface area contributed by atoms with Gasteiger partial charge in [-0.15, -0.1) is 0 Å². The maximum absolute atomic E-state index is 11.6. The van der Waals surface area contributed by atoms with Crippen molar-refractivity contribution in [2.75, 3.05) is 13.2 Å². The average molecular weight is 273 g/mol. The van der Waals surface area contributed by atoms with Gasteiger partial charge in [-0.3, -0.25) is 14.6 Å². The van der Waals surface area contributed by atoms with E-state index in [2.05, 4.69) is 4.98 Å². The average Bonchev–Trinajstić information content (AvgIpc) is 2.45. The van der Waals surface area contributed by atoms with E-state index < -0.39 is 5.97 Å². The number of ketones is 1. The Labute approximate surface area is 116 Å². The van der Waals surface area contributed by atoms with Crippen LogP contribution in [0.25, 0.3) is 10.9 Å². The molecule has 0 amide bonds. The summed E-state index contributed by atoms with van der Waals surface area (Å²) in [6.07, 6.45) is 1.39. The smallest absolute Gasteiger partial charge is 0.313 e. The van der Waals surface area contributed by atoms with Crippen molar-refractivity contribution in [3.05, 3.63) is 36.5 Å². The molecule has 5 heteroatoms. The molecule has 5 nitrogen and oxygen atoms in total. The van der Waals surface area contributed by atoms with Crippen LogP contribution in [0, 0.1) is 0 Å². The summed E-state index contributed by atoms with van der Waals surface area (Å²) in [7, 11) is 0. The Kier molecular flexibility index (Phi) is 4.65. The maximum Gasteiger partial charge on any atom is 0.313 e. The first-order chi connectivity index (χ1) is 9.70. The van der Waals surface area contributed by atoms with Crippen LogP contribution in [0.4, 0.5) is 0 Å². The Morgan fingerprint density at radius 3 is 2.80 bits per heavy atom. The van der Waals surface area contributed by atoms with Crippen LogP contribution in [0.2, 0.25) is 0 Å². The van der Waals surface area contributed by atoms with E-state index in [1.807, 2.05) is 24.3 Å². The van der Waals surface area contributed by atoms with Crippen LogP contribution in [-0.4, -0.2) is 30.0 Å². The maximum atomic E-state index is 11.6. The second-order valence-electron chi connectivity index (χ2n) is 4.14. The largest absolute Gasteiger partial charge is 0.484 e. The molecule has 1 heterocycles. The van der Waals surface area contributed by atoms with Crippen LogP contribution in [-0.2, 0) is 14.3 Å². The van der Waals surface area contributed by atoms with Gasteiger partial charge in [0.1, 0.15) is 24.3 Å². The topological polar surface area (TPSA) is 65.5 Å². The molecule has 1 aromatic heterocycles. The molecule has 0 spiro atoms. The fourth-order valence-electron chi connectivity index (χ4n) is 1.77. The summed E-state index contributed by atoms with van der Waals surface area (Å²) in [5.74, 6) is -0.325. The summed E-state index contributed by atoms with van der Waals surface area (Å²) in [5.41, 5.74) is 0.693. The normalized spacial score (nSPS) is 10.2. The third-order valence-corrected chi connectivity index (χ3v) is 2.63. The number of carbonyl (C=O) groups is 2. The fourth-order valence-corrected chi connectivity index (χ4v) is 1.77. The van der Waals surface area contributed by atoms with Crippen LogP contribution >= 0.6 is 0 Å². The molecule has 0 N–H and O–H groups in total. The van der Waals surface area contributed by atoms with Crippen LogP contribution in [0.5, 0.6) is 5.75 Å².